The van der Waals surface area contributed by atoms with Crippen molar-refractivity contribution >= 4 is 34.1 Å². The van der Waals surface area contributed by atoms with Crippen LogP contribution in [0.1, 0.15) is 24.0 Å². The monoisotopic (exact) mass is 564 g/mol. The Labute approximate surface area is 225 Å². The van der Waals surface area contributed by atoms with Crippen LogP contribution in [0.5, 0.6) is 5.75 Å². The lowest BCUT2D eigenvalue weighted by atomic mass is 10.1. The molecule has 39 heavy (non-hydrogen) atoms. The van der Waals surface area contributed by atoms with Crippen molar-refractivity contribution in [2.45, 2.75) is 32.2 Å². The first-order valence-electron chi connectivity index (χ1n) is 12.1. The Balaban J connectivity index is 1.14. The maximum Gasteiger partial charge on any atom is 0.573 e. The van der Waals surface area contributed by atoms with Crippen LogP contribution in [-0.2, 0) is 22.5 Å². The van der Waals surface area contributed by atoms with Crippen LogP contribution in [0.4, 0.5) is 18.9 Å². The average molecular weight is 565 g/mol. The summed E-state index contributed by atoms with van der Waals surface area (Å²) in [6.45, 7) is 2.59. The first-order chi connectivity index (χ1) is 18.8. The number of carboxylic acids is 1. The number of unbranched alkanes of at least 4 members (excludes halogenated alkanes) is 1. The Morgan fingerprint density at radius 1 is 1.05 bits per heavy atom. The summed E-state index contributed by atoms with van der Waals surface area (Å²) in [5.74, 6) is -1.56. The van der Waals surface area contributed by atoms with Gasteiger partial charge in [-0.25, -0.2) is 0 Å². The second-order valence-electron chi connectivity index (χ2n) is 8.66. The number of hydrogen-bond acceptors (Lipinski definition) is 9. The lowest BCUT2D eigenvalue weighted by Crippen LogP contribution is -2.19. The van der Waals surface area contributed by atoms with Crippen molar-refractivity contribution in [2.75, 3.05) is 31.6 Å². The number of aromatic nitrogens is 4. The molecule has 0 spiro atoms. The van der Waals surface area contributed by atoms with E-state index in [2.05, 4.69) is 35.2 Å². The molecule has 4 rings (SSSR count). The first-order valence-corrected chi connectivity index (χ1v) is 12.9. The van der Waals surface area contributed by atoms with Gasteiger partial charge < -0.3 is 25.2 Å². The van der Waals surface area contributed by atoms with E-state index in [0.29, 0.717) is 31.9 Å². The minimum Gasteiger partial charge on any atom is -0.481 e. The molecule has 0 radical (unpaired) electrons. The lowest BCUT2D eigenvalue weighted by Gasteiger charge is -2.13. The van der Waals surface area contributed by atoms with Gasteiger partial charge in [0.05, 0.1) is 35.8 Å². The fourth-order valence-electron chi connectivity index (χ4n) is 3.98. The van der Waals surface area contributed by atoms with Crippen molar-refractivity contribution in [2.24, 2.45) is 0 Å². The van der Waals surface area contributed by atoms with E-state index in [-0.39, 0.29) is 12.1 Å². The van der Waals surface area contributed by atoms with Gasteiger partial charge in [0.2, 0.25) is 0 Å². The van der Waals surface area contributed by atoms with Gasteiger partial charge in [0, 0.05) is 30.8 Å². The van der Waals surface area contributed by atoms with Crippen LogP contribution in [-0.4, -0.2) is 63.5 Å². The van der Waals surface area contributed by atoms with E-state index in [1.165, 1.54) is 17.6 Å². The van der Waals surface area contributed by atoms with Crippen molar-refractivity contribution < 1.29 is 32.5 Å². The van der Waals surface area contributed by atoms with Crippen molar-refractivity contribution in [3.05, 3.63) is 53.9 Å². The van der Waals surface area contributed by atoms with Crippen molar-refractivity contribution in [1.82, 2.24) is 25.1 Å². The number of fused-ring (bicyclic) bond motifs is 1. The number of rotatable bonds is 15. The largest absolute Gasteiger partial charge is 0.573 e. The molecule has 4 N–H and O–H groups in total. The van der Waals surface area contributed by atoms with Crippen LogP contribution >= 0.6 is 11.5 Å². The summed E-state index contributed by atoms with van der Waals surface area (Å²) in [4.78, 5) is 11.9. The second-order valence-corrected chi connectivity index (χ2v) is 9.45. The number of nitrogens with one attached hydrogen (secondary N) is 3. The number of benzene rings is 2. The Bertz CT molecular complexity index is 1360. The molecule has 208 valence electrons. The molecule has 0 aliphatic heterocycles. The molecule has 0 saturated carbocycles. The third-order valence-electron chi connectivity index (χ3n) is 5.60. The quantitative estimate of drug-likeness (QED) is 0.153. The summed E-state index contributed by atoms with van der Waals surface area (Å²) in [5, 5.41) is 27.5. The van der Waals surface area contributed by atoms with Gasteiger partial charge >= 0.3 is 12.3 Å². The molecular formula is C25H27F3N6O4S. The van der Waals surface area contributed by atoms with E-state index in [1.807, 2.05) is 12.1 Å². The zero-order valence-corrected chi connectivity index (χ0v) is 21.6. The number of H-pyrrole nitrogens is 1. The summed E-state index contributed by atoms with van der Waals surface area (Å²) >= 11 is 1.32. The second kappa shape index (κ2) is 13.4. The van der Waals surface area contributed by atoms with Crippen LogP contribution in [0, 0.1) is 0 Å². The Morgan fingerprint density at radius 2 is 1.90 bits per heavy atom. The molecule has 2 aromatic heterocycles. The fourth-order valence-corrected chi connectivity index (χ4v) is 4.48. The SMILES string of the molecule is O=C(O)Cc1cc(CNCCCCOCCNc2cc(-c3cnns3)cc3[nH]ncc23)cc(OC(F)(F)F)c1. The summed E-state index contributed by atoms with van der Waals surface area (Å²) in [5.41, 5.74) is 3.60. The molecule has 0 fully saturated rings. The van der Waals surface area contributed by atoms with E-state index < -0.39 is 24.5 Å². The molecule has 14 heteroatoms. The van der Waals surface area contributed by atoms with Gasteiger partial charge in [-0.05, 0) is 71.9 Å². The van der Waals surface area contributed by atoms with Crippen molar-refractivity contribution in [1.29, 1.82) is 0 Å². The summed E-state index contributed by atoms with van der Waals surface area (Å²) < 4.78 is 51.4. The maximum atomic E-state index is 12.6. The molecule has 0 amide bonds. The maximum absolute atomic E-state index is 12.6. The number of anilines is 1. The smallest absolute Gasteiger partial charge is 0.481 e. The lowest BCUT2D eigenvalue weighted by molar-refractivity contribution is -0.274. The van der Waals surface area contributed by atoms with Crippen molar-refractivity contribution in [3.8, 4) is 16.2 Å². The minimum atomic E-state index is -4.85. The molecule has 0 aliphatic carbocycles. The van der Waals surface area contributed by atoms with Gasteiger partial charge in [-0.3, -0.25) is 9.89 Å². The number of nitrogens with zero attached hydrogens (tertiary/aromatic N) is 3. The molecule has 2 heterocycles. The standard InChI is InChI=1S/C25H27F3N6O4S/c26-25(27,28)38-19-8-16(10-24(35)36)7-17(9-19)13-29-3-1-2-5-37-6-4-30-21-11-18(23-15-32-34-39-23)12-22-20(21)14-31-33-22/h7-9,11-12,14-15,29-30H,1-6,10,13H2,(H,31,33)(H,35,36). The molecule has 0 saturated heterocycles. The molecule has 0 aliphatic rings. The van der Waals surface area contributed by atoms with Gasteiger partial charge in [-0.1, -0.05) is 10.6 Å². The molecule has 0 bridgehead atoms. The Hall–Kier alpha value is -3.75. The summed E-state index contributed by atoms with van der Waals surface area (Å²) in [7, 11) is 0. The Morgan fingerprint density at radius 3 is 2.67 bits per heavy atom. The highest BCUT2D eigenvalue weighted by Crippen LogP contribution is 2.31. The first kappa shape index (κ1) is 28.3. The highest BCUT2D eigenvalue weighted by molar-refractivity contribution is 7.09. The molecular weight excluding hydrogens is 537 g/mol. The van der Waals surface area contributed by atoms with Gasteiger partial charge in [0.15, 0.2) is 0 Å². The van der Waals surface area contributed by atoms with Crippen molar-refractivity contribution in [3.63, 3.8) is 0 Å². The fraction of sp³-hybridized carbons (Fsp3) is 0.360. The molecule has 0 unspecified atom stereocenters. The number of alkyl halides is 3. The van der Waals surface area contributed by atoms with Crippen LogP contribution in [0.2, 0.25) is 0 Å². The molecule has 2 aromatic carbocycles. The van der Waals surface area contributed by atoms with Gasteiger partial charge in [0.1, 0.15) is 5.75 Å². The van der Waals surface area contributed by atoms with E-state index in [4.69, 9.17) is 9.84 Å². The normalized spacial score (nSPS) is 11.7. The van der Waals surface area contributed by atoms with E-state index in [0.717, 1.165) is 45.9 Å². The zero-order chi connectivity index (χ0) is 27.7. The average Bonchev–Trinajstić information content (AvgIpc) is 3.56. The predicted molar refractivity (Wildman–Crippen MR) is 140 cm³/mol. The zero-order valence-electron chi connectivity index (χ0n) is 20.8. The highest BCUT2D eigenvalue weighted by atomic mass is 32.1. The van der Waals surface area contributed by atoms with Crippen LogP contribution in [0.25, 0.3) is 21.3 Å². The number of carbonyl (C=O) groups is 1. The number of hydrogen-bond donors (Lipinski definition) is 4. The van der Waals surface area contributed by atoms with Gasteiger partial charge in [0.25, 0.3) is 0 Å². The number of aromatic amines is 1. The van der Waals surface area contributed by atoms with Gasteiger partial charge in [-0.15, -0.1) is 18.3 Å². The molecule has 4 aromatic rings. The highest BCUT2D eigenvalue weighted by Gasteiger charge is 2.31. The number of halogens is 3. The van der Waals surface area contributed by atoms with E-state index in [9.17, 15) is 18.0 Å². The number of aliphatic carboxylic acids is 1. The summed E-state index contributed by atoms with van der Waals surface area (Å²) in [6, 6.07) is 7.94. The number of carboxylic acid groups (broad SMARTS) is 1. The van der Waals surface area contributed by atoms with Crippen LogP contribution in [0.15, 0.2) is 42.7 Å². The summed E-state index contributed by atoms with van der Waals surface area (Å²) in [6.07, 6.45) is -0.149. The Kier molecular flexibility index (Phi) is 9.68. The third kappa shape index (κ3) is 8.90. The topological polar surface area (TPSA) is 134 Å². The minimum absolute atomic E-state index is 0.240. The molecule has 0 atom stereocenters. The van der Waals surface area contributed by atoms with Crippen LogP contribution < -0.4 is 15.4 Å². The van der Waals surface area contributed by atoms with Crippen LogP contribution in [0.3, 0.4) is 0 Å². The third-order valence-corrected chi connectivity index (χ3v) is 6.32. The van der Waals surface area contributed by atoms with Gasteiger partial charge in [-0.2, -0.15) is 5.10 Å². The van der Waals surface area contributed by atoms with E-state index in [1.54, 1.807) is 18.5 Å². The predicted octanol–water partition coefficient (Wildman–Crippen LogP) is 4.61. The molecule has 10 nitrogen and oxygen atoms in total. The number of ether oxygens (including phenoxy) is 2. The van der Waals surface area contributed by atoms with E-state index >= 15 is 0 Å².